The van der Waals surface area contributed by atoms with Crippen LogP contribution in [0.2, 0.25) is 5.15 Å². The molecule has 3 aromatic rings. The Bertz CT molecular complexity index is 755. The van der Waals surface area contributed by atoms with E-state index in [1.165, 1.54) is 7.11 Å². The zero-order chi connectivity index (χ0) is 13.4. The zero-order valence-corrected chi connectivity index (χ0v) is 10.8. The molecule has 0 bridgehead atoms. The third kappa shape index (κ3) is 1.98. The summed E-state index contributed by atoms with van der Waals surface area (Å²) in [5.41, 5.74) is 2.14. The number of phenols is 1. The van der Waals surface area contributed by atoms with Crippen LogP contribution in [0.3, 0.4) is 0 Å². The summed E-state index contributed by atoms with van der Waals surface area (Å²) >= 11 is 5.97. The lowest BCUT2D eigenvalue weighted by Gasteiger charge is -2.04. The van der Waals surface area contributed by atoms with Crippen molar-refractivity contribution in [1.82, 2.24) is 15.0 Å². The van der Waals surface area contributed by atoms with Gasteiger partial charge in [-0.05, 0) is 24.3 Å². The maximum atomic E-state index is 9.78. The Labute approximate surface area is 113 Å². The fourth-order valence-corrected chi connectivity index (χ4v) is 2.08. The van der Waals surface area contributed by atoms with Crippen molar-refractivity contribution in [3.63, 3.8) is 0 Å². The second kappa shape index (κ2) is 4.44. The molecule has 0 saturated heterocycles. The van der Waals surface area contributed by atoms with E-state index in [1.807, 2.05) is 0 Å². The highest BCUT2D eigenvalue weighted by molar-refractivity contribution is 6.33. The van der Waals surface area contributed by atoms with Crippen LogP contribution in [0.15, 0.2) is 30.5 Å². The summed E-state index contributed by atoms with van der Waals surface area (Å²) in [6.45, 7) is 0. The van der Waals surface area contributed by atoms with Gasteiger partial charge in [-0.15, -0.1) is 0 Å². The SMILES string of the molecule is COc1ccc(-c2nc3c(Cl)nccc3[nH]2)cc1O. The molecule has 0 aliphatic rings. The van der Waals surface area contributed by atoms with Crippen molar-refractivity contribution in [2.75, 3.05) is 7.11 Å². The molecule has 0 aliphatic carbocycles. The molecule has 6 heteroatoms. The fraction of sp³-hybridized carbons (Fsp3) is 0.0769. The van der Waals surface area contributed by atoms with E-state index in [-0.39, 0.29) is 5.75 Å². The van der Waals surface area contributed by atoms with E-state index >= 15 is 0 Å². The smallest absolute Gasteiger partial charge is 0.160 e. The molecular weight excluding hydrogens is 266 g/mol. The normalized spacial score (nSPS) is 10.8. The van der Waals surface area contributed by atoms with Crippen LogP contribution in [-0.2, 0) is 0 Å². The number of methoxy groups -OCH3 is 1. The van der Waals surface area contributed by atoms with Gasteiger partial charge < -0.3 is 14.8 Å². The number of H-pyrrole nitrogens is 1. The monoisotopic (exact) mass is 275 g/mol. The first-order valence-electron chi connectivity index (χ1n) is 5.56. The van der Waals surface area contributed by atoms with Crippen LogP contribution in [0.4, 0.5) is 0 Å². The number of nitrogens with one attached hydrogen (secondary N) is 1. The predicted octanol–water partition coefficient (Wildman–Crippen LogP) is 2.99. The molecule has 1 aromatic carbocycles. The molecule has 2 heterocycles. The maximum absolute atomic E-state index is 9.78. The highest BCUT2D eigenvalue weighted by atomic mass is 35.5. The highest BCUT2D eigenvalue weighted by Gasteiger charge is 2.10. The van der Waals surface area contributed by atoms with Gasteiger partial charge in [0.25, 0.3) is 0 Å². The Morgan fingerprint density at radius 2 is 2.16 bits per heavy atom. The number of pyridine rings is 1. The van der Waals surface area contributed by atoms with Crippen LogP contribution < -0.4 is 4.74 Å². The second-order valence-corrected chi connectivity index (χ2v) is 4.33. The Hall–Kier alpha value is -2.27. The molecular formula is C13H10ClN3O2. The molecule has 2 aromatic heterocycles. The summed E-state index contributed by atoms with van der Waals surface area (Å²) in [5.74, 6) is 1.09. The number of aromatic nitrogens is 3. The number of benzene rings is 1. The largest absolute Gasteiger partial charge is 0.504 e. The first kappa shape index (κ1) is 11.8. The van der Waals surface area contributed by atoms with E-state index < -0.39 is 0 Å². The van der Waals surface area contributed by atoms with Crippen molar-refractivity contribution in [3.05, 3.63) is 35.6 Å². The predicted molar refractivity (Wildman–Crippen MR) is 72.6 cm³/mol. The van der Waals surface area contributed by atoms with Gasteiger partial charge in [-0.3, -0.25) is 0 Å². The number of phenolic OH excluding ortho intramolecular Hbond substituents is 1. The first-order valence-corrected chi connectivity index (χ1v) is 5.94. The molecule has 0 aliphatic heterocycles. The molecule has 0 amide bonds. The molecule has 3 rings (SSSR count). The van der Waals surface area contributed by atoms with Crippen molar-refractivity contribution < 1.29 is 9.84 Å². The number of halogens is 1. The molecule has 96 valence electrons. The minimum Gasteiger partial charge on any atom is -0.504 e. The molecule has 0 fully saturated rings. The average molecular weight is 276 g/mol. The van der Waals surface area contributed by atoms with Crippen molar-refractivity contribution >= 4 is 22.6 Å². The van der Waals surface area contributed by atoms with Gasteiger partial charge >= 0.3 is 0 Å². The summed E-state index contributed by atoms with van der Waals surface area (Å²) in [5, 5.41) is 10.1. The minimum atomic E-state index is 0.0599. The number of aromatic hydroxyl groups is 1. The van der Waals surface area contributed by atoms with Gasteiger partial charge in [0.05, 0.1) is 12.6 Å². The fourth-order valence-electron chi connectivity index (χ4n) is 1.88. The van der Waals surface area contributed by atoms with E-state index in [2.05, 4.69) is 15.0 Å². The molecule has 2 N–H and O–H groups in total. The van der Waals surface area contributed by atoms with Crippen LogP contribution in [0.5, 0.6) is 11.5 Å². The van der Waals surface area contributed by atoms with Crippen LogP contribution >= 0.6 is 11.6 Å². The van der Waals surface area contributed by atoms with E-state index in [1.54, 1.807) is 30.5 Å². The van der Waals surface area contributed by atoms with Crippen LogP contribution in [0.25, 0.3) is 22.4 Å². The van der Waals surface area contributed by atoms with E-state index in [0.29, 0.717) is 22.2 Å². The van der Waals surface area contributed by atoms with Gasteiger partial charge in [-0.25, -0.2) is 9.97 Å². The lowest BCUT2D eigenvalue weighted by Crippen LogP contribution is -1.85. The Morgan fingerprint density at radius 3 is 2.84 bits per heavy atom. The summed E-state index contributed by atoms with van der Waals surface area (Å²) in [6, 6.07) is 6.86. The molecule has 19 heavy (non-hydrogen) atoms. The van der Waals surface area contributed by atoms with Gasteiger partial charge in [-0.2, -0.15) is 0 Å². The molecule has 0 radical (unpaired) electrons. The number of nitrogens with zero attached hydrogens (tertiary/aromatic N) is 2. The topological polar surface area (TPSA) is 71.0 Å². The third-order valence-electron chi connectivity index (χ3n) is 2.81. The Balaban J connectivity index is 2.14. The van der Waals surface area contributed by atoms with Gasteiger partial charge in [-0.1, -0.05) is 11.6 Å². The number of ether oxygens (including phenoxy) is 1. The third-order valence-corrected chi connectivity index (χ3v) is 3.09. The number of aromatic amines is 1. The maximum Gasteiger partial charge on any atom is 0.160 e. The lowest BCUT2D eigenvalue weighted by molar-refractivity contribution is 0.373. The summed E-state index contributed by atoms with van der Waals surface area (Å²) < 4.78 is 5.00. The number of fused-ring (bicyclic) bond motifs is 1. The Kier molecular flexibility index (Phi) is 2.76. The number of hydrogen-bond donors (Lipinski definition) is 2. The van der Waals surface area contributed by atoms with Gasteiger partial charge in [0.15, 0.2) is 16.7 Å². The standard InChI is InChI=1S/C13H10ClN3O2/c1-19-10-3-2-7(6-9(10)18)13-16-8-4-5-15-12(14)11(8)17-13/h2-6,18H,1H3,(H,16,17). The Morgan fingerprint density at radius 1 is 1.32 bits per heavy atom. The average Bonchev–Trinajstić information content (AvgIpc) is 2.84. The zero-order valence-electron chi connectivity index (χ0n) is 10.0. The van der Waals surface area contributed by atoms with Crippen molar-refractivity contribution in [2.45, 2.75) is 0 Å². The molecule has 5 nitrogen and oxygen atoms in total. The molecule has 0 atom stereocenters. The number of imidazole rings is 1. The first-order chi connectivity index (χ1) is 9.19. The van der Waals surface area contributed by atoms with Crippen molar-refractivity contribution in [3.8, 4) is 22.9 Å². The van der Waals surface area contributed by atoms with E-state index in [9.17, 15) is 5.11 Å². The highest BCUT2D eigenvalue weighted by Crippen LogP contribution is 2.31. The molecule has 0 saturated carbocycles. The van der Waals surface area contributed by atoms with E-state index in [0.717, 1.165) is 11.1 Å². The van der Waals surface area contributed by atoms with E-state index in [4.69, 9.17) is 16.3 Å². The van der Waals surface area contributed by atoms with Gasteiger partial charge in [0.1, 0.15) is 11.3 Å². The summed E-state index contributed by atoms with van der Waals surface area (Å²) in [4.78, 5) is 11.5. The van der Waals surface area contributed by atoms with Crippen molar-refractivity contribution in [1.29, 1.82) is 0 Å². The number of rotatable bonds is 2. The van der Waals surface area contributed by atoms with Gasteiger partial charge in [0.2, 0.25) is 0 Å². The molecule has 0 unspecified atom stereocenters. The number of hydrogen-bond acceptors (Lipinski definition) is 4. The van der Waals surface area contributed by atoms with Crippen LogP contribution in [0.1, 0.15) is 0 Å². The van der Waals surface area contributed by atoms with Crippen LogP contribution in [-0.4, -0.2) is 27.2 Å². The summed E-state index contributed by atoms with van der Waals surface area (Å²) in [7, 11) is 1.50. The minimum absolute atomic E-state index is 0.0599. The van der Waals surface area contributed by atoms with Gasteiger partial charge in [0, 0.05) is 11.8 Å². The quantitative estimate of drug-likeness (QED) is 0.705. The summed E-state index contributed by atoms with van der Waals surface area (Å²) in [6.07, 6.45) is 1.61. The second-order valence-electron chi connectivity index (χ2n) is 3.97. The molecule has 0 spiro atoms. The van der Waals surface area contributed by atoms with Crippen LogP contribution in [0, 0.1) is 0 Å². The lowest BCUT2D eigenvalue weighted by atomic mass is 10.2. The van der Waals surface area contributed by atoms with Crippen molar-refractivity contribution in [2.24, 2.45) is 0 Å².